The van der Waals surface area contributed by atoms with Crippen LogP contribution >= 0.6 is 11.6 Å². The smallest absolute Gasteiger partial charge is 0.289 e. The maximum absolute atomic E-state index is 13.0. The number of hydroxylamine groups is 1. The lowest BCUT2D eigenvalue weighted by Gasteiger charge is -2.26. The molecule has 3 rings (SSSR count). The molecule has 0 saturated carbocycles. The van der Waals surface area contributed by atoms with Crippen LogP contribution in [0.5, 0.6) is 0 Å². The monoisotopic (exact) mass is 492 g/mol. The number of benzene rings is 2. The number of nitrogens with one attached hydrogen (secondary N) is 2. The second-order valence-electron chi connectivity index (χ2n) is 7.20. The van der Waals surface area contributed by atoms with Crippen molar-refractivity contribution in [3.05, 3.63) is 53.6 Å². The van der Waals surface area contributed by atoms with E-state index in [0.717, 1.165) is 22.2 Å². The van der Waals surface area contributed by atoms with E-state index in [4.69, 9.17) is 16.8 Å². The average molecular weight is 493 g/mol. The fourth-order valence-corrected chi connectivity index (χ4v) is 4.59. The van der Waals surface area contributed by atoms with Crippen LogP contribution in [0.15, 0.2) is 58.4 Å². The number of aliphatic imine (C=N–C) groups is 1. The molecule has 2 aromatic carbocycles. The maximum Gasteiger partial charge on any atom is 0.352 e. The predicted molar refractivity (Wildman–Crippen MR) is 120 cm³/mol. The second-order valence-corrected chi connectivity index (χ2v) is 9.35. The van der Waals surface area contributed by atoms with Crippen molar-refractivity contribution in [2.24, 2.45) is 4.99 Å². The average Bonchev–Trinajstić information content (AvgIpc) is 3.14. The third-order valence-electron chi connectivity index (χ3n) is 4.93. The van der Waals surface area contributed by atoms with Gasteiger partial charge in [-0.1, -0.05) is 35.9 Å². The van der Waals surface area contributed by atoms with Crippen LogP contribution in [0.4, 0.5) is 4.79 Å². The van der Waals surface area contributed by atoms with Gasteiger partial charge in [0.1, 0.15) is 6.17 Å². The van der Waals surface area contributed by atoms with Crippen LogP contribution in [0, 0.1) is 0 Å². The lowest BCUT2D eigenvalue weighted by Crippen LogP contribution is -2.50. The first-order valence-electron chi connectivity index (χ1n) is 9.94. The predicted octanol–water partition coefficient (Wildman–Crippen LogP) is 2.71. The minimum atomic E-state index is -4.10. The number of sulfonamides is 1. The molecule has 1 unspecified atom stereocenters. The topological polar surface area (TPSA) is 145 Å². The molecular formula is C21H21ClN4O6S. The highest BCUT2D eigenvalue weighted by molar-refractivity contribution is 7.89. The number of carbonyl (C=O) groups excluding carboxylic acids is 3. The zero-order chi connectivity index (χ0) is 24.0. The van der Waals surface area contributed by atoms with Crippen LogP contribution in [0.25, 0.3) is 11.1 Å². The van der Waals surface area contributed by atoms with Crippen molar-refractivity contribution in [1.29, 1.82) is 0 Å². The summed E-state index contributed by atoms with van der Waals surface area (Å²) in [6, 6.07) is 12.3. The molecule has 12 heteroatoms. The van der Waals surface area contributed by atoms with Gasteiger partial charge in [-0.05, 0) is 54.7 Å². The van der Waals surface area contributed by atoms with Gasteiger partial charge in [0.05, 0.1) is 11.1 Å². The normalized spacial score (nSPS) is 14.5. The SMILES string of the molecule is O=C(CCCCC(NS(=O)(=O)c1ccc(-c2ccc(Cl)cc2)cc1)N1C(=O)C=NC1=O)NO. The van der Waals surface area contributed by atoms with Gasteiger partial charge in [0.25, 0.3) is 5.91 Å². The fraction of sp³-hybridized carbons (Fsp3) is 0.238. The van der Waals surface area contributed by atoms with E-state index >= 15 is 0 Å². The zero-order valence-corrected chi connectivity index (χ0v) is 18.8. The molecule has 0 bridgehead atoms. The highest BCUT2D eigenvalue weighted by atomic mass is 35.5. The number of unbranched alkanes of at least 4 members (excludes halogenated alkanes) is 1. The molecule has 0 aromatic heterocycles. The Morgan fingerprint density at radius 1 is 1.03 bits per heavy atom. The molecule has 0 spiro atoms. The summed E-state index contributed by atoms with van der Waals surface area (Å²) in [6.07, 6.45) is 0.293. The van der Waals surface area contributed by atoms with Crippen molar-refractivity contribution < 1.29 is 28.0 Å². The maximum atomic E-state index is 13.0. The van der Waals surface area contributed by atoms with Crippen molar-refractivity contribution in [3.8, 4) is 11.1 Å². The molecule has 0 aliphatic carbocycles. The van der Waals surface area contributed by atoms with E-state index in [1.54, 1.807) is 24.3 Å². The van der Waals surface area contributed by atoms with Crippen molar-refractivity contribution >= 4 is 45.7 Å². The van der Waals surface area contributed by atoms with Gasteiger partial charge < -0.3 is 0 Å². The Morgan fingerprint density at radius 3 is 2.18 bits per heavy atom. The Morgan fingerprint density at radius 2 is 1.64 bits per heavy atom. The van der Waals surface area contributed by atoms with Gasteiger partial charge in [-0.2, -0.15) is 9.71 Å². The van der Waals surface area contributed by atoms with Crippen molar-refractivity contribution in [2.45, 2.75) is 36.7 Å². The first-order chi connectivity index (χ1) is 15.7. The van der Waals surface area contributed by atoms with Gasteiger partial charge in [0, 0.05) is 11.4 Å². The van der Waals surface area contributed by atoms with Crippen molar-refractivity contribution in [1.82, 2.24) is 15.1 Å². The van der Waals surface area contributed by atoms with Crippen LogP contribution < -0.4 is 10.2 Å². The molecule has 3 N–H and O–H groups in total. The van der Waals surface area contributed by atoms with E-state index in [2.05, 4.69) is 9.71 Å². The Hall–Kier alpha value is -3.12. The number of hydrogen-bond donors (Lipinski definition) is 3. The van der Waals surface area contributed by atoms with E-state index in [0.29, 0.717) is 17.9 Å². The lowest BCUT2D eigenvalue weighted by atomic mass is 10.1. The summed E-state index contributed by atoms with van der Waals surface area (Å²) >= 11 is 5.90. The molecule has 174 valence electrons. The summed E-state index contributed by atoms with van der Waals surface area (Å²) in [5.41, 5.74) is 3.14. The Labute approximate surface area is 195 Å². The minimum absolute atomic E-state index is 0.000519. The molecule has 1 heterocycles. The van der Waals surface area contributed by atoms with E-state index < -0.39 is 34.0 Å². The largest absolute Gasteiger partial charge is 0.352 e. The second kappa shape index (κ2) is 10.7. The summed E-state index contributed by atoms with van der Waals surface area (Å²) in [7, 11) is -4.10. The third kappa shape index (κ3) is 6.23. The van der Waals surface area contributed by atoms with Gasteiger partial charge in [-0.3, -0.25) is 14.8 Å². The molecule has 4 amide bonds. The van der Waals surface area contributed by atoms with Crippen molar-refractivity contribution in [3.63, 3.8) is 0 Å². The van der Waals surface area contributed by atoms with Gasteiger partial charge in [-0.15, -0.1) is 0 Å². The van der Waals surface area contributed by atoms with Gasteiger partial charge in [0.2, 0.25) is 15.9 Å². The number of amides is 4. The molecule has 10 nitrogen and oxygen atoms in total. The number of halogens is 1. The van der Waals surface area contributed by atoms with Gasteiger partial charge in [-0.25, -0.2) is 23.6 Å². The van der Waals surface area contributed by atoms with Crippen LogP contribution in [0.1, 0.15) is 25.7 Å². The molecule has 1 aliphatic heterocycles. The summed E-state index contributed by atoms with van der Waals surface area (Å²) < 4.78 is 28.3. The number of urea groups is 1. The van der Waals surface area contributed by atoms with Crippen LogP contribution in [0.2, 0.25) is 5.02 Å². The molecule has 0 radical (unpaired) electrons. The number of nitrogens with zero attached hydrogens (tertiary/aromatic N) is 2. The standard InChI is InChI=1S/C21H21ClN4O6S/c22-16-9-5-14(6-10-16)15-7-11-17(12-8-15)33(31,32)25-18(3-1-2-4-19(27)24-30)26-20(28)13-23-21(26)29/h5-13,18,25,30H,1-4H2,(H,24,27). The van der Waals surface area contributed by atoms with E-state index in [9.17, 15) is 22.8 Å². The number of imide groups is 1. The third-order valence-corrected chi connectivity index (χ3v) is 6.66. The quantitative estimate of drug-likeness (QED) is 0.264. The molecule has 0 fully saturated rings. The first-order valence-corrected chi connectivity index (χ1v) is 11.8. The van der Waals surface area contributed by atoms with Gasteiger partial charge in [0.15, 0.2) is 0 Å². The van der Waals surface area contributed by atoms with Crippen LogP contribution in [0.3, 0.4) is 0 Å². The molecule has 0 saturated heterocycles. The number of rotatable bonds is 10. The first kappa shape index (κ1) is 24.5. The molecule has 1 aliphatic rings. The van der Waals surface area contributed by atoms with E-state index in [-0.39, 0.29) is 17.7 Å². The van der Waals surface area contributed by atoms with E-state index in [1.807, 2.05) is 12.1 Å². The number of hydrogen-bond acceptors (Lipinski definition) is 6. The Balaban J connectivity index is 1.75. The highest BCUT2D eigenvalue weighted by Gasteiger charge is 2.35. The fourth-order valence-electron chi connectivity index (χ4n) is 3.25. The van der Waals surface area contributed by atoms with E-state index in [1.165, 1.54) is 17.6 Å². The van der Waals surface area contributed by atoms with Crippen LogP contribution in [-0.4, -0.2) is 48.8 Å². The molecular weight excluding hydrogens is 472 g/mol. The summed E-state index contributed by atoms with van der Waals surface area (Å²) in [4.78, 5) is 39.4. The zero-order valence-electron chi connectivity index (χ0n) is 17.3. The van der Waals surface area contributed by atoms with Gasteiger partial charge >= 0.3 is 6.03 Å². The Bertz CT molecular complexity index is 1150. The summed E-state index contributed by atoms with van der Waals surface area (Å²) in [5, 5.41) is 9.14. The van der Waals surface area contributed by atoms with Crippen LogP contribution in [-0.2, 0) is 19.6 Å². The highest BCUT2D eigenvalue weighted by Crippen LogP contribution is 2.24. The Kier molecular flexibility index (Phi) is 7.92. The number of carbonyl (C=O) groups is 3. The molecule has 33 heavy (non-hydrogen) atoms. The molecule has 2 aromatic rings. The lowest BCUT2D eigenvalue weighted by molar-refractivity contribution is -0.129. The summed E-state index contributed by atoms with van der Waals surface area (Å²) in [5.74, 6) is -1.33. The minimum Gasteiger partial charge on any atom is -0.289 e. The van der Waals surface area contributed by atoms with Crippen molar-refractivity contribution in [2.75, 3.05) is 0 Å². The molecule has 1 atom stereocenters. The summed E-state index contributed by atoms with van der Waals surface area (Å²) in [6.45, 7) is 0.